The molecule has 92 heavy (non-hydrogen) atoms. The molecule has 15 rings (SSSR count). The summed E-state index contributed by atoms with van der Waals surface area (Å²) in [5.74, 6) is -6.26. The minimum atomic E-state index is -2.00. The van der Waals surface area contributed by atoms with Gasteiger partial charge < -0.3 is 66.7 Å². The number of carbonyl (C=O) groups excluding carboxylic acids is 8. The average Bonchev–Trinajstić information content (AvgIpc) is 1.36. The standard InChI is InChI=1S/C68H59N3O21/c1-34(72)29-30-47(73)87-55-49(70-59(76)40-25-13-14-26-41(40)60(70)77)67(85-45-32-82-65(89-52(45)55)36-19-7-3-8-20-36)92-56-50(71-61(78)42-27-15-16-28-43(42)62(71)79)68(86-46-33-83-66(90-53(46)56)37-21-9-4-10-22-37)91-54-48(69-57(74)38-23-11-12-24-39(38)58(69)75)63(80)84-44-31-81-64(88-51(44)54)35-17-5-2-6-18-35/h2-28,44-46,48-56,63-68,80H,29-33H2,1H3/t44-,45-,46-,48-,49-,50-,51-,52-,53-,54-,55-,56-,63?,64?,65?,66?,67+,68+/m1/s1. The Morgan fingerprint density at radius 2 is 0.707 bits per heavy atom. The summed E-state index contributed by atoms with van der Waals surface area (Å²) in [5, 5.41) is 12.4. The summed E-state index contributed by atoms with van der Waals surface area (Å²) >= 11 is 0. The molecule has 6 fully saturated rings. The largest absolute Gasteiger partial charge is 0.457 e. The zero-order valence-corrected chi connectivity index (χ0v) is 49.0. The van der Waals surface area contributed by atoms with Crippen LogP contribution in [0.1, 0.15) is 117 Å². The second-order valence-corrected chi connectivity index (χ2v) is 23.6. The maximum atomic E-state index is 15.5. The summed E-state index contributed by atoms with van der Waals surface area (Å²) < 4.78 is 80.9. The van der Waals surface area contributed by atoms with E-state index in [0.717, 1.165) is 14.7 Å². The fourth-order valence-electron chi connectivity index (χ4n) is 13.8. The van der Waals surface area contributed by atoms with Crippen LogP contribution in [-0.2, 0) is 66.4 Å². The molecule has 18 atom stereocenters. The maximum absolute atomic E-state index is 15.5. The number of fused-ring (bicyclic) bond motifs is 6. The highest BCUT2D eigenvalue weighted by atomic mass is 16.8. The molecule has 9 aliphatic heterocycles. The SMILES string of the molecule is CC(=O)CCC(=O)O[C@H]1[C@@H]2OC(c3ccccc3)OC[C@H]2O[C@@H](O[C@H]2[C@@H]3OC(c4ccccc4)OC[C@H]3O[C@@H](O[C@H]3[C@@H]4OC(c5ccccc5)OC[C@H]4OC(O)[C@@H]3N3C(=O)c4ccccc4C3=O)[C@@H]2N2C(=O)c3ccccc3C2=O)[C@@H]1N1C(=O)c2ccccc2C1=O. The topological polar surface area (TPSA) is 277 Å². The number of Topliss-reactive ketones (excluding diaryl/α,β-unsaturated/α-hetero) is 1. The van der Waals surface area contributed by atoms with Gasteiger partial charge in [0, 0.05) is 23.1 Å². The number of nitrogens with zero attached hydrogens (tertiary/aromatic N) is 3. The van der Waals surface area contributed by atoms with Crippen LogP contribution in [0.4, 0.5) is 0 Å². The normalized spacial score (nSPS) is 33.1. The quantitative estimate of drug-likeness (QED) is 0.103. The van der Waals surface area contributed by atoms with Gasteiger partial charge in [-0.25, -0.2) is 0 Å². The summed E-state index contributed by atoms with van der Waals surface area (Å²) in [5.41, 5.74) is 1.61. The molecule has 0 saturated carbocycles. The van der Waals surface area contributed by atoms with E-state index in [-0.39, 0.29) is 65.4 Å². The van der Waals surface area contributed by atoms with Crippen LogP contribution in [0.2, 0.25) is 0 Å². The second-order valence-electron chi connectivity index (χ2n) is 23.6. The Bertz CT molecular complexity index is 3790. The van der Waals surface area contributed by atoms with E-state index in [4.69, 9.17) is 56.8 Å². The van der Waals surface area contributed by atoms with Gasteiger partial charge in [-0.2, -0.15) is 0 Å². The van der Waals surface area contributed by atoms with Crippen LogP contribution in [0, 0.1) is 0 Å². The van der Waals surface area contributed by atoms with Gasteiger partial charge in [-0.3, -0.25) is 48.3 Å². The smallest absolute Gasteiger partial charge is 0.306 e. The number of rotatable bonds is 14. The molecule has 0 radical (unpaired) electrons. The lowest BCUT2D eigenvalue weighted by molar-refractivity contribution is -0.404. The molecule has 0 aromatic heterocycles. The Hall–Kier alpha value is -8.60. The molecule has 0 bridgehead atoms. The number of aliphatic hydroxyl groups excluding tert-OH is 1. The predicted octanol–water partition coefficient (Wildman–Crippen LogP) is 5.54. The number of amides is 6. The Labute approximate surface area is 524 Å². The van der Waals surface area contributed by atoms with E-state index < -0.39 is 159 Å². The number of esters is 1. The molecule has 0 spiro atoms. The molecule has 472 valence electrons. The van der Waals surface area contributed by atoms with Crippen LogP contribution in [0.15, 0.2) is 164 Å². The van der Waals surface area contributed by atoms with E-state index >= 15 is 19.2 Å². The van der Waals surface area contributed by atoms with Crippen molar-refractivity contribution >= 4 is 47.2 Å². The monoisotopic (exact) mass is 1250 g/mol. The van der Waals surface area contributed by atoms with Crippen molar-refractivity contribution in [2.24, 2.45) is 0 Å². The molecule has 6 aromatic carbocycles. The highest BCUT2D eigenvalue weighted by molar-refractivity contribution is 6.23. The van der Waals surface area contributed by atoms with Crippen molar-refractivity contribution in [2.75, 3.05) is 19.8 Å². The number of hydrogen-bond acceptors (Lipinski definition) is 21. The molecule has 0 aliphatic carbocycles. The van der Waals surface area contributed by atoms with Crippen LogP contribution in [0.25, 0.3) is 0 Å². The minimum absolute atomic E-state index is 0.00791. The zero-order valence-electron chi connectivity index (χ0n) is 49.0. The fraction of sp³-hybridized carbons (Fsp3) is 0.353. The third-order valence-electron chi connectivity index (χ3n) is 18.1. The first kappa shape index (κ1) is 59.7. The van der Waals surface area contributed by atoms with Crippen molar-refractivity contribution in [3.63, 3.8) is 0 Å². The molecule has 9 heterocycles. The van der Waals surface area contributed by atoms with Crippen molar-refractivity contribution < 1.29 is 100 Å². The lowest BCUT2D eigenvalue weighted by Crippen LogP contribution is -2.74. The van der Waals surface area contributed by atoms with E-state index in [1.807, 2.05) is 0 Å². The van der Waals surface area contributed by atoms with Gasteiger partial charge in [-0.05, 0) is 43.3 Å². The first-order valence-corrected chi connectivity index (χ1v) is 30.3. The van der Waals surface area contributed by atoms with Gasteiger partial charge in [0.2, 0.25) is 0 Å². The van der Waals surface area contributed by atoms with Crippen LogP contribution < -0.4 is 0 Å². The maximum Gasteiger partial charge on any atom is 0.306 e. The fourth-order valence-corrected chi connectivity index (χ4v) is 13.8. The molecule has 1 N–H and O–H groups in total. The van der Waals surface area contributed by atoms with Gasteiger partial charge in [0.15, 0.2) is 43.8 Å². The van der Waals surface area contributed by atoms with Gasteiger partial charge in [-0.1, -0.05) is 127 Å². The summed E-state index contributed by atoms with van der Waals surface area (Å²) in [7, 11) is 0. The molecule has 9 aliphatic rings. The number of hydrogen-bond donors (Lipinski definition) is 1. The first-order chi connectivity index (χ1) is 44.8. The van der Waals surface area contributed by atoms with Crippen LogP contribution >= 0.6 is 0 Å². The molecular weight excluding hydrogens is 1190 g/mol. The van der Waals surface area contributed by atoms with Crippen LogP contribution in [-0.4, -0.2) is 179 Å². The number of imide groups is 3. The van der Waals surface area contributed by atoms with Crippen molar-refractivity contribution in [3.8, 4) is 0 Å². The van der Waals surface area contributed by atoms with Gasteiger partial charge in [0.05, 0.1) is 59.6 Å². The first-order valence-electron chi connectivity index (χ1n) is 30.3. The van der Waals surface area contributed by atoms with E-state index in [9.17, 15) is 24.3 Å². The molecule has 24 nitrogen and oxygen atoms in total. The second kappa shape index (κ2) is 24.5. The molecular formula is C68H59N3O21. The molecule has 24 heteroatoms. The van der Waals surface area contributed by atoms with Gasteiger partial charge >= 0.3 is 5.97 Å². The van der Waals surface area contributed by atoms with Gasteiger partial charge in [-0.15, -0.1) is 0 Å². The van der Waals surface area contributed by atoms with E-state index in [1.165, 1.54) is 43.3 Å². The van der Waals surface area contributed by atoms with Crippen molar-refractivity contribution in [1.29, 1.82) is 0 Å². The number of carbonyl (C=O) groups is 8. The third-order valence-corrected chi connectivity index (χ3v) is 18.1. The number of aliphatic hydroxyl groups is 1. The van der Waals surface area contributed by atoms with Crippen molar-refractivity contribution in [2.45, 2.75) is 131 Å². The average molecular weight is 1250 g/mol. The summed E-state index contributed by atoms with van der Waals surface area (Å²) in [6.45, 7) is 0.517. The molecule has 6 amide bonds. The number of ketones is 1. The predicted molar refractivity (Wildman–Crippen MR) is 310 cm³/mol. The zero-order chi connectivity index (χ0) is 63.1. The van der Waals surface area contributed by atoms with E-state index in [0.29, 0.717) is 16.7 Å². The van der Waals surface area contributed by atoms with E-state index in [2.05, 4.69) is 0 Å². The highest BCUT2D eigenvalue weighted by Gasteiger charge is 2.65. The van der Waals surface area contributed by atoms with Crippen LogP contribution in [0.5, 0.6) is 0 Å². The Morgan fingerprint density at radius 3 is 1.07 bits per heavy atom. The van der Waals surface area contributed by atoms with Gasteiger partial charge in [0.25, 0.3) is 35.4 Å². The van der Waals surface area contributed by atoms with Crippen LogP contribution in [0.3, 0.4) is 0 Å². The molecule has 6 aromatic rings. The highest BCUT2D eigenvalue weighted by Crippen LogP contribution is 2.47. The van der Waals surface area contributed by atoms with Crippen molar-refractivity contribution in [1.82, 2.24) is 14.7 Å². The Balaban J connectivity index is 0.895. The Morgan fingerprint density at radius 1 is 0.402 bits per heavy atom. The molecule has 6 saturated heterocycles. The summed E-state index contributed by atoms with van der Waals surface area (Å²) in [6.07, 6.45) is -22.9. The number of benzene rings is 6. The molecule has 4 unspecified atom stereocenters. The Kier molecular flexibility index (Phi) is 15.9. The lowest BCUT2D eigenvalue weighted by Gasteiger charge is -2.55. The minimum Gasteiger partial charge on any atom is -0.457 e. The summed E-state index contributed by atoms with van der Waals surface area (Å²) in [4.78, 5) is 120. The van der Waals surface area contributed by atoms with Crippen molar-refractivity contribution in [3.05, 3.63) is 214 Å². The van der Waals surface area contributed by atoms with Gasteiger partial charge in [0.1, 0.15) is 72.7 Å². The number of ether oxygens (including phenoxy) is 12. The lowest BCUT2D eigenvalue weighted by atomic mass is 9.91. The van der Waals surface area contributed by atoms with E-state index in [1.54, 1.807) is 127 Å². The summed E-state index contributed by atoms with van der Waals surface area (Å²) in [6, 6.07) is 39.3. The third kappa shape index (κ3) is 10.4.